The van der Waals surface area contributed by atoms with E-state index in [1.165, 1.54) is 6.20 Å². The summed E-state index contributed by atoms with van der Waals surface area (Å²) in [6.07, 6.45) is 3.11. The standard InChI is InChI=1S/C13H16N6/c1-9-4-3-5-10(18-9)8-19(2)13-11(12(14)15)16-6-7-17-13/h3-7H,8H2,1-2H3,(H3,14,15). The van der Waals surface area contributed by atoms with E-state index in [2.05, 4.69) is 15.0 Å². The molecule has 0 aliphatic rings. The number of rotatable bonds is 4. The number of amidine groups is 1. The Morgan fingerprint density at radius 3 is 2.74 bits per heavy atom. The second-order valence-corrected chi connectivity index (χ2v) is 4.27. The minimum atomic E-state index is -0.0906. The minimum Gasteiger partial charge on any atom is -0.382 e. The third kappa shape index (κ3) is 3.04. The molecular weight excluding hydrogens is 240 g/mol. The second kappa shape index (κ2) is 5.43. The van der Waals surface area contributed by atoms with Gasteiger partial charge in [0.2, 0.25) is 0 Å². The van der Waals surface area contributed by atoms with Crippen LogP contribution in [0.1, 0.15) is 17.1 Å². The number of aromatic nitrogens is 3. The van der Waals surface area contributed by atoms with Gasteiger partial charge in [0.15, 0.2) is 5.82 Å². The molecule has 0 aliphatic heterocycles. The Hall–Kier alpha value is -2.50. The van der Waals surface area contributed by atoms with Gasteiger partial charge in [-0.25, -0.2) is 9.97 Å². The SMILES string of the molecule is Cc1cccc(CN(C)c2nccnc2C(=N)N)n1. The lowest BCUT2D eigenvalue weighted by molar-refractivity contribution is 0.851. The number of aryl methyl sites for hydroxylation is 1. The molecule has 0 atom stereocenters. The van der Waals surface area contributed by atoms with E-state index in [1.807, 2.05) is 37.1 Å². The average molecular weight is 256 g/mol. The maximum atomic E-state index is 7.52. The van der Waals surface area contributed by atoms with Gasteiger partial charge >= 0.3 is 0 Å². The molecule has 0 radical (unpaired) electrons. The summed E-state index contributed by atoms with van der Waals surface area (Å²) in [5.74, 6) is 0.491. The van der Waals surface area contributed by atoms with Crippen molar-refractivity contribution in [3.8, 4) is 0 Å². The second-order valence-electron chi connectivity index (χ2n) is 4.27. The van der Waals surface area contributed by atoms with Crippen molar-refractivity contribution in [2.75, 3.05) is 11.9 Å². The first-order valence-electron chi connectivity index (χ1n) is 5.87. The van der Waals surface area contributed by atoms with E-state index >= 15 is 0 Å². The molecule has 19 heavy (non-hydrogen) atoms. The zero-order valence-corrected chi connectivity index (χ0v) is 11.0. The first kappa shape index (κ1) is 12.9. The molecule has 6 heteroatoms. The van der Waals surface area contributed by atoms with E-state index in [1.54, 1.807) is 6.20 Å². The maximum absolute atomic E-state index is 7.52. The number of hydrogen-bond donors (Lipinski definition) is 2. The third-order valence-electron chi connectivity index (χ3n) is 2.64. The molecule has 0 aromatic carbocycles. The number of nitrogens with two attached hydrogens (primary N) is 1. The monoisotopic (exact) mass is 256 g/mol. The van der Waals surface area contributed by atoms with Crippen LogP contribution in [-0.4, -0.2) is 27.8 Å². The van der Waals surface area contributed by atoms with E-state index in [9.17, 15) is 0 Å². The van der Waals surface area contributed by atoms with Crippen LogP contribution in [-0.2, 0) is 6.54 Å². The maximum Gasteiger partial charge on any atom is 0.158 e. The van der Waals surface area contributed by atoms with Gasteiger partial charge in [-0.3, -0.25) is 10.4 Å². The summed E-state index contributed by atoms with van der Waals surface area (Å²) in [6, 6.07) is 5.87. The Balaban J connectivity index is 2.25. The molecule has 0 fully saturated rings. The molecule has 0 amide bonds. The van der Waals surface area contributed by atoms with Crippen molar-refractivity contribution >= 4 is 11.7 Å². The van der Waals surface area contributed by atoms with Crippen LogP contribution in [0.25, 0.3) is 0 Å². The van der Waals surface area contributed by atoms with Gasteiger partial charge in [-0.15, -0.1) is 0 Å². The third-order valence-corrected chi connectivity index (χ3v) is 2.64. The largest absolute Gasteiger partial charge is 0.382 e. The Labute approximate surface area is 111 Å². The molecule has 2 aromatic rings. The first-order chi connectivity index (χ1) is 9.08. The van der Waals surface area contributed by atoms with E-state index in [4.69, 9.17) is 11.1 Å². The Morgan fingerprint density at radius 1 is 1.32 bits per heavy atom. The fraction of sp³-hybridized carbons (Fsp3) is 0.231. The molecule has 0 unspecified atom stereocenters. The van der Waals surface area contributed by atoms with Gasteiger partial charge in [-0.05, 0) is 19.1 Å². The van der Waals surface area contributed by atoms with Crippen molar-refractivity contribution in [2.24, 2.45) is 5.73 Å². The predicted molar refractivity (Wildman–Crippen MR) is 74.1 cm³/mol. The smallest absolute Gasteiger partial charge is 0.158 e. The molecule has 0 aliphatic carbocycles. The molecule has 0 bridgehead atoms. The Kier molecular flexibility index (Phi) is 3.70. The number of hydrogen-bond acceptors (Lipinski definition) is 5. The summed E-state index contributed by atoms with van der Waals surface area (Å²) in [5, 5.41) is 7.52. The lowest BCUT2D eigenvalue weighted by atomic mass is 10.3. The molecular formula is C13H16N6. The molecule has 2 rings (SSSR count). The minimum absolute atomic E-state index is 0.0906. The Bertz CT molecular complexity index is 595. The lowest BCUT2D eigenvalue weighted by Crippen LogP contribution is -2.24. The molecule has 2 aromatic heterocycles. The number of nitrogens with one attached hydrogen (secondary N) is 1. The highest BCUT2D eigenvalue weighted by Gasteiger charge is 2.13. The van der Waals surface area contributed by atoms with E-state index in [-0.39, 0.29) is 5.84 Å². The molecule has 0 saturated heterocycles. The van der Waals surface area contributed by atoms with Gasteiger partial charge in [-0.1, -0.05) is 6.07 Å². The van der Waals surface area contributed by atoms with Crippen LogP contribution in [0.3, 0.4) is 0 Å². The highest BCUT2D eigenvalue weighted by molar-refractivity contribution is 5.97. The van der Waals surface area contributed by atoms with Crippen LogP contribution in [0, 0.1) is 12.3 Å². The molecule has 98 valence electrons. The quantitative estimate of drug-likeness (QED) is 0.631. The summed E-state index contributed by atoms with van der Waals surface area (Å²) in [5.41, 5.74) is 7.80. The summed E-state index contributed by atoms with van der Waals surface area (Å²) >= 11 is 0. The number of nitrogens with zero attached hydrogens (tertiary/aromatic N) is 4. The van der Waals surface area contributed by atoms with Gasteiger partial charge < -0.3 is 10.6 Å². The summed E-state index contributed by atoms with van der Waals surface area (Å²) in [6.45, 7) is 2.54. The van der Waals surface area contributed by atoms with E-state index in [0.717, 1.165) is 11.4 Å². The van der Waals surface area contributed by atoms with E-state index in [0.29, 0.717) is 18.1 Å². The van der Waals surface area contributed by atoms with Crippen LogP contribution < -0.4 is 10.6 Å². The molecule has 0 saturated carbocycles. The van der Waals surface area contributed by atoms with Gasteiger partial charge in [0, 0.05) is 25.1 Å². The van der Waals surface area contributed by atoms with Crippen molar-refractivity contribution in [3.05, 3.63) is 47.7 Å². The van der Waals surface area contributed by atoms with Gasteiger partial charge in [-0.2, -0.15) is 0 Å². The zero-order chi connectivity index (χ0) is 13.8. The van der Waals surface area contributed by atoms with Crippen LogP contribution in [0.5, 0.6) is 0 Å². The number of nitrogen functional groups attached to an aromatic ring is 1. The first-order valence-corrected chi connectivity index (χ1v) is 5.87. The van der Waals surface area contributed by atoms with Gasteiger partial charge in [0.1, 0.15) is 11.5 Å². The van der Waals surface area contributed by atoms with Crippen molar-refractivity contribution in [3.63, 3.8) is 0 Å². The van der Waals surface area contributed by atoms with Crippen molar-refractivity contribution in [2.45, 2.75) is 13.5 Å². The fourth-order valence-electron chi connectivity index (χ4n) is 1.81. The van der Waals surface area contributed by atoms with Gasteiger partial charge in [0.05, 0.1) is 12.2 Å². The average Bonchev–Trinajstić information content (AvgIpc) is 2.38. The Morgan fingerprint density at radius 2 is 2.05 bits per heavy atom. The highest BCUT2D eigenvalue weighted by atomic mass is 15.2. The fourth-order valence-corrected chi connectivity index (χ4v) is 1.81. The van der Waals surface area contributed by atoms with Crippen molar-refractivity contribution in [1.29, 1.82) is 5.41 Å². The summed E-state index contributed by atoms with van der Waals surface area (Å²) < 4.78 is 0. The topological polar surface area (TPSA) is 91.8 Å². The lowest BCUT2D eigenvalue weighted by Gasteiger charge is -2.19. The van der Waals surface area contributed by atoms with Crippen LogP contribution in [0.15, 0.2) is 30.6 Å². The van der Waals surface area contributed by atoms with E-state index < -0.39 is 0 Å². The normalized spacial score (nSPS) is 10.2. The zero-order valence-electron chi connectivity index (χ0n) is 11.0. The molecule has 0 spiro atoms. The van der Waals surface area contributed by atoms with Crippen LogP contribution in [0.2, 0.25) is 0 Å². The van der Waals surface area contributed by atoms with Gasteiger partial charge in [0.25, 0.3) is 0 Å². The molecule has 3 N–H and O–H groups in total. The molecule has 2 heterocycles. The highest BCUT2D eigenvalue weighted by Crippen LogP contribution is 2.15. The van der Waals surface area contributed by atoms with Crippen molar-refractivity contribution < 1.29 is 0 Å². The summed E-state index contributed by atoms with van der Waals surface area (Å²) in [7, 11) is 1.88. The molecule has 6 nitrogen and oxygen atoms in total. The van der Waals surface area contributed by atoms with Crippen LogP contribution in [0.4, 0.5) is 5.82 Å². The predicted octanol–water partition coefficient (Wildman–Crippen LogP) is 1.10. The van der Waals surface area contributed by atoms with Crippen LogP contribution >= 0.6 is 0 Å². The number of anilines is 1. The van der Waals surface area contributed by atoms with Crippen molar-refractivity contribution in [1.82, 2.24) is 15.0 Å². The number of pyridine rings is 1. The summed E-state index contributed by atoms with van der Waals surface area (Å²) in [4.78, 5) is 14.6.